The van der Waals surface area contributed by atoms with Gasteiger partial charge in [-0.3, -0.25) is 9.79 Å². The summed E-state index contributed by atoms with van der Waals surface area (Å²) in [5.41, 5.74) is 4.50. The van der Waals surface area contributed by atoms with Gasteiger partial charge in [0.05, 0.1) is 17.1 Å². The molecule has 1 aromatic heterocycles. The third kappa shape index (κ3) is 2.51. The van der Waals surface area contributed by atoms with Gasteiger partial charge in [0, 0.05) is 17.3 Å². The Kier molecular flexibility index (Phi) is 3.74. The lowest BCUT2D eigenvalue weighted by molar-refractivity contribution is -0.114. The molecule has 0 aliphatic carbocycles. The Morgan fingerprint density at radius 3 is 2.91 bits per heavy atom. The zero-order chi connectivity index (χ0) is 15.5. The van der Waals surface area contributed by atoms with Gasteiger partial charge in [-0.2, -0.15) is 0 Å². The van der Waals surface area contributed by atoms with Crippen molar-refractivity contribution in [3.8, 4) is 0 Å². The Balaban J connectivity index is 2.12. The number of fused-ring (bicyclic) bond motifs is 3. The van der Waals surface area contributed by atoms with Gasteiger partial charge in [0.1, 0.15) is 6.54 Å². The molecule has 3 rings (SSSR count). The number of nitrogens with zero attached hydrogens (tertiary/aromatic N) is 1. The SMILES string of the molecule is C=C/C=C(\C=C)CC1=NCC(=O)Nc2c1[nH]c1ccccc21. The van der Waals surface area contributed by atoms with Crippen LogP contribution in [0.15, 0.2) is 66.2 Å². The molecule has 2 aromatic rings. The van der Waals surface area contributed by atoms with Crippen molar-refractivity contribution >= 4 is 28.2 Å². The normalized spacial score (nSPS) is 14.8. The number of benzene rings is 1. The van der Waals surface area contributed by atoms with E-state index in [1.54, 1.807) is 12.2 Å². The largest absolute Gasteiger partial charge is 0.352 e. The summed E-state index contributed by atoms with van der Waals surface area (Å²) in [5, 5.41) is 3.94. The highest BCUT2D eigenvalue weighted by Gasteiger charge is 2.21. The number of carbonyl (C=O) groups excluding carboxylic acids is 1. The molecule has 1 aliphatic heterocycles. The molecule has 2 N–H and O–H groups in total. The summed E-state index contributed by atoms with van der Waals surface area (Å²) in [6, 6.07) is 7.89. The third-order valence-electron chi connectivity index (χ3n) is 3.64. The van der Waals surface area contributed by atoms with E-state index in [2.05, 4.69) is 28.5 Å². The third-order valence-corrected chi connectivity index (χ3v) is 3.64. The number of para-hydroxylation sites is 1. The van der Waals surface area contributed by atoms with Gasteiger partial charge < -0.3 is 10.3 Å². The van der Waals surface area contributed by atoms with Crippen LogP contribution in [0.2, 0.25) is 0 Å². The van der Waals surface area contributed by atoms with Crippen molar-refractivity contribution in [1.29, 1.82) is 0 Å². The lowest BCUT2D eigenvalue weighted by Gasteiger charge is -2.06. The van der Waals surface area contributed by atoms with E-state index in [9.17, 15) is 4.79 Å². The average Bonchev–Trinajstić information content (AvgIpc) is 2.81. The number of rotatable bonds is 4. The summed E-state index contributed by atoms with van der Waals surface area (Å²) in [7, 11) is 0. The zero-order valence-corrected chi connectivity index (χ0v) is 12.2. The van der Waals surface area contributed by atoms with Crippen LogP contribution in [0, 0.1) is 0 Å². The van der Waals surface area contributed by atoms with E-state index in [0.717, 1.165) is 33.6 Å². The predicted octanol–water partition coefficient (Wildman–Crippen LogP) is 3.60. The van der Waals surface area contributed by atoms with E-state index in [0.29, 0.717) is 6.42 Å². The highest BCUT2D eigenvalue weighted by atomic mass is 16.1. The molecule has 0 fully saturated rings. The Morgan fingerprint density at radius 1 is 1.32 bits per heavy atom. The highest BCUT2D eigenvalue weighted by Crippen LogP contribution is 2.30. The Morgan fingerprint density at radius 2 is 2.14 bits per heavy atom. The number of hydrogen-bond donors (Lipinski definition) is 2. The predicted molar refractivity (Wildman–Crippen MR) is 91.4 cm³/mol. The molecule has 0 atom stereocenters. The van der Waals surface area contributed by atoms with Crippen LogP contribution in [-0.2, 0) is 4.79 Å². The van der Waals surface area contributed by atoms with Crippen LogP contribution < -0.4 is 5.32 Å². The number of aromatic amines is 1. The summed E-state index contributed by atoms with van der Waals surface area (Å²) in [6.07, 6.45) is 6.01. The molecule has 1 aliphatic rings. The number of hydrogen-bond acceptors (Lipinski definition) is 2. The minimum Gasteiger partial charge on any atom is -0.352 e. The number of amides is 1. The second-order valence-electron chi connectivity index (χ2n) is 5.09. The summed E-state index contributed by atoms with van der Waals surface area (Å²) in [5.74, 6) is -0.103. The number of carbonyl (C=O) groups is 1. The fourth-order valence-corrected chi connectivity index (χ4v) is 2.60. The van der Waals surface area contributed by atoms with E-state index in [1.165, 1.54) is 0 Å². The average molecular weight is 291 g/mol. The molecular weight excluding hydrogens is 274 g/mol. The van der Waals surface area contributed by atoms with Crippen LogP contribution >= 0.6 is 0 Å². The topological polar surface area (TPSA) is 57.2 Å². The number of nitrogens with one attached hydrogen (secondary N) is 2. The fraction of sp³-hybridized carbons (Fsp3) is 0.111. The molecule has 0 radical (unpaired) electrons. The molecule has 0 unspecified atom stereocenters. The first kappa shape index (κ1) is 14.1. The molecule has 1 amide bonds. The van der Waals surface area contributed by atoms with Crippen molar-refractivity contribution in [3.05, 3.63) is 66.9 Å². The second-order valence-corrected chi connectivity index (χ2v) is 5.09. The first-order chi connectivity index (χ1) is 10.7. The molecule has 22 heavy (non-hydrogen) atoms. The molecule has 1 aromatic carbocycles. The second kappa shape index (κ2) is 5.85. The summed E-state index contributed by atoms with van der Waals surface area (Å²) in [6.45, 7) is 7.66. The number of aliphatic imine (C=N–C) groups is 1. The van der Waals surface area contributed by atoms with Crippen LogP contribution in [0.1, 0.15) is 12.1 Å². The molecule has 4 heteroatoms. The minimum absolute atomic E-state index is 0.103. The summed E-state index contributed by atoms with van der Waals surface area (Å²) < 4.78 is 0. The first-order valence-corrected chi connectivity index (χ1v) is 7.11. The van der Waals surface area contributed by atoms with E-state index >= 15 is 0 Å². The molecular formula is C18H17N3O. The van der Waals surface area contributed by atoms with Gasteiger partial charge in [0.15, 0.2) is 0 Å². The maximum atomic E-state index is 11.9. The number of aromatic nitrogens is 1. The van der Waals surface area contributed by atoms with E-state index in [4.69, 9.17) is 0 Å². The van der Waals surface area contributed by atoms with Crippen LogP contribution in [0.25, 0.3) is 10.9 Å². The minimum atomic E-state index is -0.103. The van der Waals surface area contributed by atoms with Crippen molar-refractivity contribution < 1.29 is 4.79 Å². The fourth-order valence-electron chi connectivity index (χ4n) is 2.60. The standard InChI is InChI=1S/C18H17N3O/c1-3-7-12(4-2)10-15-18-17(21-16(22)11-19-15)13-8-5-6-9-14(13)20-18/h3-9,20H,1-2,10-11H2,(H,21,22)/b12-7+. The zero-order valence-electron chi connectivity index (χ0n) is 12.2. The molecule has 0 saturated carbocycles. The quantitative estimate of drug-likeness (QED) is 0.831. The number of anilines is 1. The van der Waals surface area contributed by atoms with Crippen molar-refractivity contribution in [1.82, 2.24) is 4.98 Å². The van der Waals surface area contributed by atoms with Gasteiger partial charge in [-0.25, -0.2) is 0 Å². The maximum absolute atomic E-state index is 11.9. The molecule has 0 saturated heterocycles. The smallest absolute Gasteiger partial charge is 0.246 e. The van der Waals surface area contributed by atoms with Gasteiger partial charge in [-0.05, 0) is 11.6 Å². The number of H-pyrrole nitrogens is 1. The van der Waals surface area contributed by atoms with Gasteiger partial charge in [0.2, 0.25) is 5.91 Å². The highest BCUT2D eigenvalue weighted by molar-refractivity contribution is 6.17. The Labute approximate surface area is 129 Å². The Bertz CT molecular complexity index is 824. The van der Waals surface area contributed by atoms with E-state index in [-0.39, 0.29) is 12.5 Å². The summed E-state index contributed by atoms with van der Waals surface area (Å²) >= 11 is 0. The molecule has 0 spiro atoms. The molecule has 4 nitrogen and oxygen atoms in total. The van der Waals surface area contributed by atoms with Gasteiger partial charge in [-0.15, -0.1) is 0 Å². The van der Waals surface area contributed by atoms with Crippen molar-refractivity contribution in [3.63, 3.8) is 0 Å². The lowest BCUT2D eigenvalue weighted by Crippen LogP contribution is -2.13. The van der Waals surface area contributed by atoms with Crippen molar-refractivity contribution in [2.45, 2.75) is 6.42 Å². The van der Waals surface area contributed by atoms with Gasteiger partial charge in [0.25, 0.3) is 0 Å². The first-order valence-electron chi connectivity index (χ1n) is 7.11. The molecule has 110 valence electrons. The van der Waals surface area contributed by atoms with Crippen LogP contribution in [0.3, 0.4) is 0 Å². The maximum Gasteiger partial charge on any atom is 0.246 e. The molecule has 0 bridgehead atoms. The van der Waals surface area contributed by atoms with Crippen molar-refractivity contribution in [2.75, 3.05) is 11.9 Å². The summed E-state index contributed by atoms with van der Waals surface area (Å²) in [4.78, 5) is 19.8. The van der Waals surface area contributed by atoms with E-state index in [1.807, 2.05) is 30.3 Å². The van der Waals surface area contributed by atoms with Crippen LogP contribution in [0.4, 0.5) is 5.69 Å². The number of allylic oxidation sites excluding steroid dienone is 4. The monoisotopic (exact) mass is 291 g/mol. The van der Waals surface area contributed by atoms with Gasteiger partial charge >= 0.3 is 0 Å². The van der Waals surface area contributed by atoms with E-state index < -0.39 is 0 Å². The molecule has 2 heterocycles. The van der Waals surface area contributed by atoms with Crippen LogP contribution in [0.5, 0.6) is 0 Å². The lowest BCUT2D eigenvalue weighted by atomic mass is 10.0. The van der Waals surface area contributed by atoms with Crippen LogP contribution in [-0.4, -0.2) is 23.1 Å². The van der Waals surface area contributed by atoms with Gasteiger partial charge in [-0.1, -0.05) is 49.6 Å². The van der Waals surface area contributed by atoms with Crippen molar-refractivity contribution in [2.24, 2.45) is 4.99 Å². The Hall–Kier alpha value is -2.88.